The lowest BCUT2D eigenvalue weighted by molar-refractivity contribution is -0.123. The van der Waals surface area contributed by atoms with Gasteiger partial charge in [0.2, 0.25) is 10.0 Å². The third-order valence-corrected chi connectivity index (χ3v) is 8.44. The van der Waals surface area contributed by atoms with Crippen molar-refractivity contribution in [1.29, 1.82) is 0 Å². The topological polar surface area (TPSA) is 102 Å². The fourth-order valence-electron chi connectivity index (χ4n) is 3.57. The Morgan fingerprint density at radius 1 is 0.971 bits per heavy atom. The number of hydrogen-bond acceptors (Lipinski definition) is 6. The van der Waals surface area contributed by atoms with Crippen LogP contribution in [0.4, 0.5) is 5.69 Å². The minimum absolute atomic E-state index is 0.0492. The van der Waals surface area contributed by atoms with E-state index in [0.29, 0.717) is 13.1 Å². The van der Waals surface area contributed by atoms with E-state index in [9.17, 15) is 18.0 Å². The molecule has 0 aliphatic carbocycles. The van der Waals surface area contributed by atoms with Crippen LogP contribution in [0, 0.1) is 0 Å². The summed E-state index contributed by atoms with van der Waals surface area (Å²) in [5, 5.41) is 3.08. The first kappa shape index (κ1) is 27.5. The third-order valence-electron chi connectivity index (χ3n) is 5.51. The fourth-order valence-corrected chi connectivity index (χ4v) is 5.71. The number of halogens is 3. The molecule has 1 heterocycles. The van der Waals surface area contributed by atoms with Gasteiger partial charge in [0.15, 0.2) is 6.10 Å². The Kier molecular flexibility index (Phi) is 9.28. The van der Waals surface area contributed by atoms with Crippen LogP contribution in [0.3, 0.4) is 0 Å². The molecular formula is C23H25Cl3N2O6S. The lowest BCUT2D eigenvalue weighted by Crippen LogP contribution is -2.32. The zero-order valence-corrected chi connectivity index (χ0v) is 22.2. The Morgan fingerprint density at radius 2 is 1.60 bits per heavy atom. The fraction of sp³-hybridized carbons (Fsp3) is 0.391. The normalized spacial score (nSPS) is 15.7. The van der Waals surface area contributed by atoms with Crippen LogP contribution in [0.5, 0.6) is 5.75 Å². The van der Waals surface area contributed by atoms with E-state index in [-0.39, 0.29) is 37.0 Å². The number of anilines is 1. The van der Waals surface area contributed by atoms with Gasteiger partial charge in [0, 0.05) is 13.1 Å². The molecule has 35 heavy (non-hydrogen) atoms. The molecule has 2 aromatic rings. The van der Waals surface area contributed by atoms with Crippen molar-refractivity contribution in [3.05, 3.63) is 51.0 Å². The summed E-state index contributed by atoms with van der Waals surface area (Å²) in [5.74, 6) is -1.48. The predicted molar refractivity (Wildman–Crippen MR) is 135 cm³/mol. The Morgan fingerprint density at radius 3 is 2.23 bits per heavy atom. The van der Waals surface area contributed by atoms with Gasteiger partial charge in [-0.3, -0.25) is 4.79 Å². The number of nitrogens with zero attached hydrogens (tertiary/aromatic N) is 1. The molecule has 1 N–H and O–H groups in total. The molecule has 1 saturated heterocycles. The molecule has 190 valence electrons. The summed E-state index contributed by atoms with van der Waals surface area (Å²) in [7, 11) is -2.47. The zero-order chi connectivity index (χ0) is 25.8. The van der Waals surface area contributed by atoms with Crippen LogP contribution in [0.1, 0.15) is 43.0 Å². The monoisotopic (exact) mass is 562 g/mol. The van der Waals surface area contributed by atoms with Crippen molar-refractivity contribution >= 4 is 62.4 Å². The molecule has 1 fully saturated rings. The van der Waals surface area contributed by atoms with Gasteiger partial charge in [0.05, 0.1) is 32.8 Å². The standard InChI is InChI=1S/C23H25Cl3N2O6S/c1-14(22(29)27-20-13-18(25)17(24)12-19(20)26)34-23(30)16-11-15(7-8-21(16)33-2)35(31,32)28-9-5-3-4-6-10-28/h7-8,11-14H,3-6,9-10H2,1-2H3,(H,27,29). The smallest absolute Gasteiger partial charge is 0.342 e. The van der Waals surface area contributed by atoms with E-state index in [1.54, 1.807) is 0 Å². The number of rotatable bonds is 7. The maximum absolute atomic E-state index is 13.2. The summed E-state index contributed by atoms with van der Waals surface area (Å²) in [6.07, 6.45) is 2.25. The van der Waals surface area contributed by atoms with Gasteiger partial charge in [-0.05, 0) is 50.1 Å². The van der Waals surface area contributed by atoms with Gasteiger partial charge in [-0.15, -0.1) is 0 Å². The Hall–Kier alpha value is -2.04. The Bertz CT molecular complexity index is 1210. The molecule has 1 aliphatic rings. The third kappa shape index (κ3) is 6.59. The van der Waals surface area contributed by atoms with Crippen molar-refractivity contribution in [3.63, 3.8) is 0 Å². The van der Waals surface area contributed by atoms with E-state index in [1.807, 2.05) is 0 Å². The Labute approximate surface area is 219 Å². The molecule has 1 aliphatic heterocycles. The lowest BCUT2D eigenvalue weighted by atomic mass is 10.2. The van der Waals surface area contributed by atoms with Crippen LogP contribution in [0.15, 0.2) is 35.2 Å². The molecule has 1 unspecified atom stereocenters. The van der Waals surface area contributed by atoms with Gasteiger partial charge in [0.1, 0.15) is 11.3 Å². The first-order chi connectivity index (χ1) is 16.5. The number of hydrogen-bond donors (Lipinski definition) is 1. The number of benzene rings is 2. The molecule has 0 spiro atoms. The van der Waals surface area contributed by atoms with Gasteiger partial charge in [-0.1, -0.05) is 47.6 Å². The quantitative estimate of drug-likeness (QED) is 0.357. The predicted octanol–water partition coefficient (Wildman–Crippen LogP) is 5.40. The van der Waals surface area contributed by atoms with Crippen LogP contribution in [0.2, 0.25) is 15.1 Å². The van der Waals surface area contributed by atoms with Crippen LogP contribution >= 0.6 is 34.8 Å². The van der Waals surface area contributed by atoms with E-state index < -0.39 is 28.0 Å². The van der Waals surface area contributed by atoms with Gasteiger partial charge in [-0.25, -0.2) is 13.2 Å². The highest BCUT2D eigenvalue weighted by Gasteiger charge is 2.28. The second-order valence-electron chi connectivity index (χ2n) is 7.96. The second-order valence-corrected chi connectivity index (χ2v) is 11.1. The van der Waals surface area contributed by atoms with Crippen molar-refractivity contribution in [2.24, 2.45) is 0 Å². The average Bonchev–Trinajstić information content (AvgIpc) is 3.12. The summed E-state index contributed by atoms with van der Waals surface area (Å²) in [6, 6.07) is 6.74. The van der Waals surface area contributed by atoms with Crippen molar-refractivity contribution < 1.29 is 27.5 Å². The molecule has 12 heteroatoms. The number of ether oxygens (including phenoxy) is 2. The van der Waals surface area contributed by atoms with Crippen LogP contribution in [-0.2, 0) is 19.6 Å². The van der Waals surface area contributed by atoms with Gasteiger partial charge >= 0.3 is 5.97 Å². The molecule has 8 nitrogen and oxygen atoms in total. The number of nitrogens with one attached hydrogen (secondary N) is 1. The summed E-state index contributed by atoms with van der Waals surface area (Å²) in [5.41, 5.74) is 0.0766. The van der Waals surface area contributed by atoms with Crippen molar-refractivity contribution in [2.45, 2.75) is 43.6 Å². The van der Waals surface area contributed by atoms with Gasteiger partial charge in [0.25, 0.3) is 5.91 Å². The Balaban J connectivity index is 1.79. The number of carbonyl (C=O) groups is 2. The van der Waals surface area contributed by atoms with E-state index >= 15 is 0 Å². The van der Waals surface area contributed by atoms with Crippen LogP contribution in [0.25, 0.3) is 0 Å². The second kappa shape index (κ2) is 11.8. The van der Waals surface area contributed by atoms with E-state index in [0.717, 1.165) is 25.7 Å². The van der Waals surface area contributed by atoms with Crippen LogP contribution in [-0.4, -0.2) is 50.9 Å². The maximum Gasteiger partial charge on any atom is 0.342 e. The summed E-state index contributed by atoms with van der Waals surface area (Å²) in [4.78, 5) is 25.5. The number of sulfonamides is 1. The molecule has 1 atom stereocenters. The summed E-state index contributed by atoms with van der Waals surface area (Å²) in [6.45, 7) is 2.20. The van der Waals surface area contributed by atoms with Crippen molar-refractivity contribution in [2.75, 3.05) is 25.5 Å². The molecule has 0 aromatic heterocycles. The van der Waals surface area contributed by atoms with Crippen molar-refractivity contribution in [3.8, 4) is 5.75 Å². The number of amides is 1. The number of carbonyl (C=O) groups excluding carboxylic acids is 2. The molecule has 0 saturated carbocycles. The highest BCUT2D eigenvalue weighted by Crippen LogP contribution is 2.32. The first-order valence-corrected chi connectivity index (χ1v) is 13.5. The van der Waals surface area contributed by atoms with Gasteiger partial charge < -0.3 is 14.8 Å². The molecule has 1 amide bonds. The molecule has 3 rings (SSSR count). The summed E-state index contributed by atoms with van der Waals surface area (Å²) < 4.78 is 38.3. The highest BCUT2D eigenvalue weighted by atomic mass is 35.5. The highest BCUT2D eigenvalue weighted by molar-refractivity contribution is 7.89. The SMILES string of the molecule is COc1ccc(S(=O)(=O)N2CCCCCC2)cc1C(=O)OC(C)C(=O)Nc1cc(Cl)c(Cl)cc1Cl. The van der Waals surface area contributed by atoms with Gasteiger partial charge in [-0.2, -0.15) is 4.31 Å². The van der Waals surface area contributed by atoms with E-state index in [1.165, 1.54) is 48.7 Å². The zero-order valence-electron chi connectivity index (χ0n) is 19.1. The summed E-state index contributed by atoms with van der Waals surface area (Å²) >= 11 is 17.9. The molecular weight excluding hydrogens is 539 g/mol. The number of esters is 1. The minimum Gasteiger partial charge on any atom is -0.496 e. The average molecular weight is 564 g/mol. The first-order valence-electron chi connectivity index (χ1n) is 10.9. The lowest BCUT2D eigenvalue weighted by Gasteiger charge is -2.21. The number of methoxy groups -OCH3 is 1. The maximum atomic E-state index is 13.2. The van der Waals surface area contributed by atoms with Crippen LogP contribution < -0.4 is 10.1 Å². The van der Waals surface area contributed by atoms with E-state index in [2.05, 4.69) is 5.32 Å². The molecule has 0 bridgehead atoms. The minimum atomic E-state index is -3.81. The molecule has 0 radical (unpaired) electrons. The molecule has 2 aromatic carbocycles. The van der Waals surface area contributed by atoms with Crippen molar-refractivity contribution in [1.82, 2.24) is 4.31 Å². The largest absolute Gasteiger partial charge is 0.496 e. The van der Waals surface area contributed by atoms with E-state index in [4.69, 9.17) is 44.3 Å².